The van der Waals surface area contributed by atoms with Gasteiger partial charge in [-0.05, 0) is 85.1 Å². The Labute approximate surface area is 254 Å². The van der Waals surface area contributed by atoms with Crippen LogP contribution < -0.4 is 16.0 Å². The van der Waals surface area contributed by atoms with E-state index in [4.69, 9.17) is 5.11 Å². The van der Waals surface area contributed by atoms with E-state index in [9.17, 15) is 19.2 Å². The average molecular weight is 594 g/mol. The van der Waals surface area contributed by atoms with Gasteiger partial charge < -0.3 is 21.1 Å². The monoisotopic (exact) mass is 593 g/mol. The highest BCUT2D eigenvalue weighted by atomic mass is 32.2. The van der Waals surface area contributed by atoms with Crippen LogP contribution in [0.2, 0.25) is 0 Å². The molecule has 0 radical (unpaired) electrons. The van der Waals surface area contributed by atoms with E-state index < -0.39 is 23.0 Å². The number of carboxylic acid groups (broad SMARTS) is 1. The molecule has 0 heterocycles. The van der Waals surface area contributed by atoms with Crippen molar-refractivity contribution in [1.29, 1.82) is 0 Å². The number of rotatable bonds is 11. The SMILES string of the molecule is CCC(Sc1cccc(NC(=O)/C(=C/c2ccccc2C)NC(=O)c2ccccc2)c1)C(=O)Nc1ccc(C(=O)O)cc1. The molecule has 1 atom stereocenters. The number of hydrogen-bond acceptors (Lipinski definition) is 5. The van der Waals surface area contributed by atoms with E-state index in [2.05, 4.69) is 16.0 Å². The molecule has 4 rings (SSSR count). The number of nitrogens with one attached hydrogen (secondary N) is 3. The quantitative estimate of drug-likeness (QED) is 0.115. The lowest BCUT2D eigenvalue weighted by molar-refractivity contribution is -0.116. The van der Waals surface area contributed by atoms with E-state index in [0.29, 0.717) is 23.4 Å². The molecule has 4 N–H and O–H groups in total. The summed E-state index contributed by atoms with van der Waals surface area (Å²) in [6, 6.07) is 29.3. The van der Waals surface area contributed by atoms with Gasteiger partial charge in [-0.2, -0.15) is 0 Å². The van der Waals surface area contributed by atoms with Crippen LogP contribution in [0.3, 0.4) is 0 Å². The molecule has 0 aliphatic rings. The number of carbonyl (C=O) groups excluding carboxylic acids is 3. The van der Waals surface area contributed by atoms with Crippen molar-refractivity contribution in [2.45, 2.75) is 30.4 Å². The van der Waals surface area contributed by atoms with E-state index in [0.717, 1.165) is 16.0 Å². The Balaban J connectivity index is 1.49. The van der Waals surface area contributed by atoms with Crippen LogP contribution in [0.25, 0.3) is 6.08 Å². The number of hydrogen-bond donors (Lipinski definition) is 4. The third-order valence-electron chi connectivity index (χ3n) is 6.45. The van der Waals surface area contributed by atoms with Crippen LogP contribution in [0.15, 0.2) is 114 Å². The molecule has 1 unspecified atom stereocenters. The van der Waals surface area contributed by atoms with Crippen LogP contribution in [-0.4, -0.2) is 34.0 Å². The van der Waals surface area contributed by atoms with E-state index in [-0.39, 0.29) is 17.2 Å². The van der Waals surface area contributed by atoms with Gasteiger partial charge in [0.15, 0.2) is 0 Å². The average Bonchev–Trinajstić information content (AvgIpc) is 3.01. The van der Waals surface area contributed by atoms with Crippen LogP contribution in [0.5, 0.6) is 0 Å². The number of aryl methyl sites for hydroxylation is 1. The largest absolute Gasteiger partial charge is 0.478 e. The molecule has 9 heteroatoms. The summed E-state index contributed by atoms with van der Waals surface area (Å²) >= 11 is 1.34. The van der Waals surface area contributed by atoms with Gasteiger partial charge >= 0.3 is 5.97 Å². The number of anilines is 2. The van der Waals surface area contributed by atoms with Crippen molar-refractivity contribution in [3.63, 3.8) is 0 Å². The van der Waals surface area contributed by atoms with Crippen molar-refractivity contribution >= 4 is 52.9 Å². The molecular weight excluding hydrogens is 562 g/mol. The number of carboxylic acids is 1. The standard InChI is InChI=1S/C34H31N3O5S/c1-3-30(33(40)35-26-18-16-24(17-19-26)34(41)42)43-28-15-9-14-27(21-28)36-32(39)29(20-25-13-8-7-10-22(25)2)37-31(38)23-11-5-4-6-12-23/h4-21,30H,3H2,1-2H3,(H,35,40)(H,36,39)(H,37,38)(H,41,42)/b29-20-. The van der Waals surface area contributed by atoms with E-state index in [1.807, 2.05) is 50.2 Å². The molecule has 0 aliphatic carbocycles. The third kappa shape index (κ3) is 8.67. The Morgan fingerprint density at radius 3 is 2.16 bits per heavy atom. The number of amides is 3. The molecule has 0 aromatic heterocycles. The molecule has 0 saturated carbocycles. The van der Waals surface area contributed by atoms with Gasteiger partial charge in [0.05, 0.1) is 10.8 Å². The molecule has 0 fully saturated rings. The minimum atomic E-state index is -1.04. The fourth-order valence-electron chi connectivity index (χ4n) is 4.10. The van der Waals surface area contributed by atoms with Gasteiger partial charge in [0.1, 0.15) is 5.70 Å². The third-order valence-corrected chi connectivity index (χ3v) is 7.81. The summed E-state index contributed by atoms with van der Waals surface area (Å²) in [6.07, 6.45) is 2.18. The maximum absolute atomic E-state index is 13.5. The molecular formula is C34H31N3O5S. The lowest BCUT2D eigenvalue weighted by atomic mass is 10.1. The molecule has 218 valence electrons. The van der Waals surface area contributed by atoms with Crippen LogP contribution >= 0.6 is 11.8 Å². The number of thioether (sulfide) groups is 1. The van der Waals surface area contributed by atoms with Crippen LogP contribution in [-0.2, 0) is 9.59 Å². The van der Waals surface area contributed by atoms with Gasteiger partial charge in [-0.3, -0.25) is 14.4 Å². The van der Waals surface area contributed by atoms with Crippen molar-refractivity contribution in [3.05, 3.63) is 131 Å². The normalized spacial score (nSPS) is 11.7. The number of benzene rings is 4. The summed E-state index contributed by atoms with van der Waals surface area (Å²) in [5, 5.41) is 17.1. The highest BCUT2D eigenvalue weighted by Gasteiger charge is 2.20. The Kier molecular flexibility index (Phi) is 10.5. The fraction of sp³-hybridized carbons (Fsp3) is 0.118. The predicted molar refractivity (Wildman–Crippen MR) is 170 cm³/mol. The van der Waals surface area contributed by atoms with Gasteiger partial charge in [0, 0.05) is 21.8 Å². The molecule has 43 heavy (non-hydrogen) atoms. The second kappa shape index (κ2) is 14.7. The smallest absolute Gasteiger partial charge is 0.335 e. The molecule has 4 aromatic rings. The maximum Gasteiger partial charge on any atom is 0.335 e. The zero-order valence-corrected chi connectivity index (χ0v) is 24.5. The van der Waals surface area contributed by atoms with Gasteiger partial charge in [-0.1, -0.05) is 55.5 Å². The lowest BCUT2D eigenvalue weighted by Crippen LogP contribution is -2.30. The summed E-state index contributed by atoms with van der Waals surface area (Å²) in [4.78, 5) is 51.2. The molecule has 8 nitrogen and oxygen atoms in total. The highest BCUT2D eigenvalue weighted by molar-refractivity contribution is 8.00. The topological polar surface area (TPSA) is 125 Å². The lowest BCUT2D eigenvalue weighted by Gasteiger charge is -2.16. The first-order valence-corrected chi connectivity index (χ1v) is 14.5. The summed E-state index contributed by atoms with van der Waals surface area (Å²) in [5.74, 6) is -2.17. The van der Waals surface area contributed by atoms with Gasteiger partial charge in [-0.25, -0.2) is 4.79 Å². The highest BCUT2D eigenvalue weighted by Crippen LogP contribution is 2.29. The number of carbonyl (C=O) groups is 4. The van der Waals surface area contributed by atoms with Crippen molar-refractivity contribution in [3.8, 4) is 0 Å². The van der Waals surface area contributed by atoms with Crippen LogP contribution in [0.4, 0.5) is 11.4 Å². The first-order valence-electron chi connectivity index (χ1n) is 13.6. The summed E-state index contributed by atoms with van der Waals surface area (Å²) < 4.78 is 0. The first kappa shape index (κ1) is 30.8. The second-order valence-electron chi connectivity index (χ2n) is 9.60. The van der Waals surface area contributed by atoms with Crippen molar-refractivity contribution in [2.75, 3.05) is 10.6 Å². The number of aromatic carboxylic acids is 1. The van der Waals surface area contributed by atoms with Gasteiger partial charge in [0.25, 0.3) is 11.8 Å². The van der Waals surface area contributed by atoms with E-state index in [1.54, 1.807) is 60.7 Å². The Morgan fingerprint density at radius 2 is 1.49 bits per heavy atom. The van der Waals surface area contributed by atoms with Crippen molar-refractivity contribution in [2.24, 2.45) is 0 Å². The van der Waals surface area contributed by atoms with E-state index in [1.165, 1.54) is 23.9 Å². The molecule has 3 amide bonds. The first-order chi connectivity index (χ1) is 20.7. The fourth-order valence-corrected chi connectivity index (χ4v) is 5.11. The van der Waals surface area contributed by atoms with Crippen LogP contribution in [0, 0.1) is 6.92 Å². The molecule has 0 saturated heterocycles. The van der Waals surface area contributed by atoms with Gasteiger partial charge in [-0.15, -0.1) is 11.8 Å². The molecule has 0 spiro atoms. The predicted octanol–water partition coefficient (Wildman–Crippen LogP) is 6.61. The van der Waals surface area contributed by atoms with Crippen molar-refractivity contribution < 1.29 is 24.3 Å². The maximum atomic E-state index is 13.5. The Bertz CT molecular complexity index is 1650. The second-order valence-corrected chi connectivity index (χ2v) is 10.9. The van der Waals surface area contributed by atoms with Gasteiger partial charge in [0.2, 0.25) is 5.91 Å². The zero-order valence-electron chi connectivity index (χ0n) is 23.7. The minimum absolute atomic E-state index is 0.0842. The minimum Gasteiger partial charge on any atom is -0.478 e. The molecule has 0 aliphatic heterocycles. The summed E-state index contributed by atoms with van der Waals surface area (Å²) in [6.45, 7) is 3.82. The van der Waals surface area contributed by atoms with E-state index >= 15 is 0 Å². The molecule has 0 bridgehead atoms. The molecule has 4 aromatic carbocycles. The zero-order chi connectivity index (χ0) is 30.8. The van der Waals surface area contributed by atoms with Crippen molar-refractivity contribution in [1.82, 2.24) is 5.32 Å². The summed E-state index contributed by atoms with van der Waals surface area (Å²) in [7, 11) is 0. The summed E-state index contributed by atoms with van der Waals surface area (Å²) in [5.41, 5.74) is 3.38. The Hall–Kier alpha value is -5.15. The van der Waals surface area contributed by atoms with Crippen LogP contribution in [0.1, 0.15) is 45.2 Å². The Morgan fingerprint density at radius 1 is 0.791 bits per heavy atom.